The van der Waals surface area contributed by atoms with Crippen molar-refractivity contribution < 1.29 is 4.74 Å². The van der Waals surface area contributed by atoms with Crippen molar-refractivity contribution in [2.24, 2.45) is 0 Å². The molecule has 2 N–H and O–H groups in total. The molecule has 2 rings (SSSR count). The van der Waals surface area contributed by atoms with Gasteiger partial charge in [0.2, 0.25) is 0 Å². The highest BCUT2D eigenvalue weighted by molar-refractivity contribution is 5.67. The van der Waals surface area contributed by atoms with Gasteiger partial charge >= 0.3 is 0 Å². The molecule has 2 aromatic rings. The first-order chi connectivity index (χ1) is 5.83. The number of rotatable bonds is 1. The van der Waals surface area contributed by atoms with Gasteiger partial charge in [-0.2, -0.15) is 5.10 Å². The maximum Gasteiger partial charge on any atom is 0.186 e. The smallest absolute Gasteiger partial charge is 0.186 e. The minimum absolute atomic E-state index is 0.380. The number of nitrogens with zero attached hydrogens (tertiary/aromatic N) is 3. The van der Waals surface area contributed by atoms with Gasteiger partial charge in [0.05, 0.1) is 13.3 Å². The van der Waals surface area contributed by atoms with Crippen LogP contribution >= 0.6 is 0 Å². The van der Waals surface area contributed by atoms with Gasteiger partial charge < -0.3 is 10.5 Å². The molecule has 0 aliphatic heterocycles. The molecule has 0 unspecified atom stereocenters. The largest absolute Gasteiger partial charge is 0.491 e. The van der Waals surface area contributed by atoms with Crippen LogP contribution in [0, 0.1) is 0 Å². The van der Waals surface area contributed by atoms with E-state index in [9.17, 15) is 0 Å². The van der Waals surface area contributed by atoms with Crippen LogP contribution in [0.1, 0.15) is 0 Å². The molecular formula is C7H8N4O. The minimum atomic E-state index is 0.380. The normalized spacial score (nSPS) is 10.4. The van der Waals surface area contributed by atoms with E-state index in [2.05, 4.69) is 10.1 Å². The summed E-state index contributed by atoms with van der Waals surface area (Å²) in [7, 11) is 1.56. The van der Waals surface area contributed by atoms with Crippen molar-refractivity contribution in [1.29, 1.82) is 0 Å². The van der Waals surface area contributed by atoms with Crippen LogP contribution in [-0.2, 0) is 0 Å². The molecule has 62 valence electrons. The number of anilines is 1. The SMILES string of the molecule is COc1c(N)ncn2nccc12. The van der Waals surface area contributed by atoms with Crippen LogP contribution in [0.5, 0.6) is 5.75 Å². The number of methoxy groups -OCH3 is 1. The summed E-state index contributed by atoms with van der Waals surface area (Å²) in [6.45, 7) is 0. The summed E-state index contributed by atoms with van der Waals surface area (Å²) in [4.78, 5) is 3.90. The van der Waals surface area contributed by atoms with E-state index in [0.717, 1.165) is 5.52 Å². The Balaban J connectivity index is 2.83. The Morgan fingerprint density at radius 1 is 1.58 bits per heavy atom. The standard InChI is InChI=1S/C7H8N4O/c1-12-6-5-2-3-10-11(5)4-9-7(6)8/h2-4H,8H2,1H3. The van der Waals surface area contributed by atoms with E-state index >= 15 is 0 Å². The molecule has 0 saturated carbocycles. The molecule has 5 heteroatoms. The second-order valence-electron chi connectivity index (χ2n) is 2.32. The average Bonchev–Trinajstić information content (AvgIpc) is 2.52. The fourth-order valence-corrected chi connectivity index (χ4v) is 1.10. The van der Waals surface area contributed by atoms with Gasteiger partial charge in [-0.25, -0.2) is 9.50 Å². The average molecular weight is 164 g/mol. The molecule has 0 atom stereocenters. The Hall–Kier alpha value is -1.78. The molecule has 2 aromatic heterocycles. The van der Waals surface area contributed by atoms with Crippen LogP contribution in [0.3, 0.4) is 0 Å². The molecule has 2 heterocycles. The van der Waals surface area contributed by atoms with E-state index in [1.807, 2.05) is 6.07 Å². The predicted molar refractivity (Wildman–Crippen MR) is 44.0 cm³/mol. The van der Waals surface area contributed by atoms with Gasteiger partial charge in [0, 0.05) is 0 Å². The van der Waals surface area contributed by atoms with Crippen LogP contribution in [0.4, 0.5) is 5.82 Å². The highest BCUT2D eigenvalue weighted by Gasteiger charge is 2.06. The topological polar surface area (TPSA) is 65.4 Å². The molecule has 0 aromatic carbocycles. The van der Waals surface area contributed by atoms with E-state index in [0.29, 0.717) is 11.6 Å². The van der Waals surface area contributed by atoms with Crippen LogP contribution in [0.2, 0.25) is 0 Å². The molecule has 0 radical (unpaired) electrons. The predicted octanol–water partition coefficient (Wildman–Crippen LogP) is 0.320. The van der Waals surface area contributed by atoms with Gasteiger partial charge in [0.1, 0.15) is 11.8 Å². The third-order valence-corrected chi connectivity index (χ3v) is 1.65. The quantitative estimate of drug-likeness (QED) is 0.659. The number of nitrogens with two attached hydrogens (primary N) is 1. The summed E-state index contributed by atoms with van der Waals surface area (Å²) >= 11 is 0. The van der Waals surface area contributed by atoms with Crippen molar-refractivity contribution in [3.8, 4) is 5.75 Å². The van der Waals surface area contributed by atoms with Crippen molar-refractivity contribution >= 4 is 11.3 Å². The van der Waals surface area contributed by atoms with Crippen LogP contribution < -0.4 is 10.5 Å². The van der Waals surface area contributed by atoms with Crippen molar-refractivity contribution in [3.63, 3.8) is 0 Å². The summed E-state index contributed by atoms with van der Waals surface area (Å²) in [6, 6.07) is 1.82. The third kappa shape index (κ3) is 0.795. The molecular weight excluding hydrogens is 156 g/mol. The van der Waals surface area contributed by atoms with Gasteiger partial charge in [-0.05, 0) is 6.07 Å². The Morgan fingerprint density at radius 2 is 2.42 bits per heavy atom. The molecule has 0 aliphatic rings. The lowest BCUT2D eigenvalue weighted by atomic mass is 10.4. The first-order valence-corrected chi connectivity index (χ1v) is 3.44. The van der Waals surface area contributed by atoms with Crippen molar-refractivity contribution in [3.05, 3.63) is 18.6 Å². The minimum Gasteiger partial charge on any atom is -0.491 e. The number of nitrogen functional groups attached to an aromatic ring is 1. The van der Waals surface area contributed by atoms with Gasteiger partial charge in [-0.15, -0.1) is 0 Å². The lowest BCUT2D eigenvalue weighted by molar-refractivity contribution is 0.418. The maximum absolute atomic E-state index is 5.58. The fourth-order valence-electron chi connectivity index (χ4n) is 1.10. The van der Waals surface area contributed by atoms with Gasteiger partial charge in [0.25, 0.3) is 0 Å². The number of aromatic nitrogens is 3. The Kier molecular flexibility index (Phi) is 1.36. The lowest BCUT2D eigenvalue weighted by Crippen LogP contribution is -1.99. The van der Waals surface area contributed by atoms with Crippen molar-refractivity contribution in [2.45, 2.75) is 0 Å². The molecule has 12 heavy (non-hydrogen) atoms. The van der Waals surface area contributed by atoms with E-state index in [-0.39, 0.29) is 0 Å². The van der Waals surface area contributed by atoms with Crippen LogP contribution in [-0.4, -0.2) is 21.7 Å². The van der Waals surface area contributed by atoms with Crippen molar-refractivity contribution in [1.82, 2.24) is 14.6 Å². The zero-order chi connectivity index (χ0) is 8.55. The Labute approximate surface area is 68.8 Å². The summed E-state index contributed by atoms with van der Waals surface area (Å²) in [5.74, 6) is 0.945. The Bertz CT molecular complexity index is 409. The molecule has 0 fully saturated rings. The molecule has 0 bridgehead atoms. The molecule has 0 saturated heterocycles. The first kappa shape index (κ1) is 6.90. The fraction of sp³-hybridized carbons (Fsp3) is 0.143. The number of hydrogen-bond donors (Lipinski definition) is 1. The molecule has 0 amide bonds. The maximum atomic E-state index is 5.58. The number of hydrogen-bond acceptors (Lipinski definition) is 4. The van der Waals surface area contributed by atoms with E-state index in [4.69, 9.17) is 10.5 Å². The first-order valence-electron chi connectivity index (χ1n) is 3.44. The molecule has 0 spiro atoms. The van der Waals surface area contributed by atoms with E-state index in [1.54, 1.807) is 24.1 Å². The highest BCUT2D eigenvalue weighted by Crippen LogP contribution is 2.23. The van der Waals surface area contributed by atoms with E-state index < -0.39 is 0 Å². The van der Waals surface area contributed by atoms with Crippen LogP contribution in [0.15, 0.2) is 18.6 Å². The number of fused-ring (bicyclic) bond motifs is 1. The van der Waals surface area contributed by atoms with E-state index in [1.165, 1.54) is 0 Å². The summed E-state index contributed by atoms with van der Waals surface area (Å²) < 4.78 is 6.67. The Morgan fingerprint density at radius 3 is 3.17 bits per heavy atom. The van der Waals surface area contributed by atoms with Gasteiger partial charge in [0.15, 0.2) is 11.6 Å². The second kappa shape index (κ2) is 2.37. The monoisotopic (exact) mass is 164 g/mol. The molecule has 0 aliphatic carbocycles. The lowest BCUT2D eigenvalue weighted by Gasteiger charge is -2.03. The zero-order valence-corrected chi connectivity index (χ0v) is 6.56. The van der Waals surface area contributed by atoms with Gasteiger partial charge in [-0.1, -0.05) is 0 Å². The zero-order valence-electron chi connectivity index (χ0n) is 6.56. The molecule has 5 nitrogen and oxygen atoms in total. The summed E-state index contributed by atoms with van der Waals surface area (Å²) in [6.07, 6.45) is 3.21. The van der Waals surface area contributed by atoms with Gasteiger partial charge in [-0.3, -0.25) is 0 Å². The second-order valence-corrected chi connectivity index (χ2v) is 2.32. The summed E-state index contributed by atoms with van der Waals surface area (Å²) in [5, 5.41) is 3.99. The number of ether oxygens (including phenoxy) is 1. The van der Waals surface area contributed by atoms with Crippen LogP contribution in [0.25, 0.3) is 5.52 Å². The van der Waals surface area contributed by atoms with Crippen molar-refractivity contribution in [2.75, 3.05) is 12.8 Å². The highest BCUT2D eigenvalue weighted by atomic mass is 16.5. The third-order valence-electron chi connectivity index (χ3n) is 1.65. The summed E-state index contributed by atoms with van der Waals surface area (Å²) in [5.41, 5.74) is 6.40.